The van der Waals surface area contributed by atoms with Crippen LogP contribution < -0.4 is 4.74 Å². The summed E-state index contributed by atoms with van der Waals surface area (Å²) in [5, 5.41) is 20.0. The molecule has 0 saturated carbocycles. The summed E-state index contributed by atoms with van der Waals surface area (Å²) in [5.41, 5.74) is -0.917. The number of methoxy groups -OCH3 is 1. The Kier molecular flexibility index (Phi) is 4.84. The van der Waals surface area contributed by atoms with Gasteiger partial charge in [-0.15, -0.1) is 0 Å². The molecular formula is C15H13NO7S. The monoisotopic (exact) mass is 351 g/mol. The smallest absolute Gasteiger partial charge is 0.335 e. The van der Waals surface area contributed by atoms with E-state index >= 15 is 0 Å². The summed E-state index contributed by atoms with van der Waals surface area (Å²) < 4.78 is 29.8. The molecule has 0 aliphatic rings. The molecule has 0 amide bonds. The minimum absolute atomic E-state index is 0.0140. The van der Waals surface area contributed by atoms with E-state index in [-0.39, 0.29) is 16.0 Å². The molecule has 0 aliphatic heterocycles. The molecular weight excluding hydrogens is 338 g/mol. The number of rotatable bonds is 6. The topological polar surface area (TPSA) is 124 Å². The van der Waals surface area contributed by atoms with Gasteiger partial charge in [0.2, 0.25) is 0 Å². The van der Waals surface area contributed by atoms with Gasteiger partial charge in [-0.3, -0.25) is 10.1 Å². The van der Waals surface area contributed by atoms with Crippen LogP contribution in [0.15, 0.2) is 47.4 Å². The third-order valence-electron chi connectivity index (χ3n) is 3.29. The molecule has 0 aliphatic carbocycles. The number of aromatic carboxylic acids is 1. The first-order valence-electron chi connectivity index (χ1n) is 6.62. The van der Waals surface area contributed by atoms with Gasteiger partial charge in [0, 0.05) is 11.6 Å². The van der Waals surface area contributed by atoms with E-state index in [1.807, 2.05) is 0 Å². The highest BCUT2D eigenvalue weighted by Crippen LogP contribution is 2.26. The van der Waals surface area contributed by atoms with Gasteiger partial charge in [-0.05, 0) is 30.3 Å². The fraction of sp³-hybridized carbons (Fsp3) is 0.133. The van der Waals surface area contributed by atoms with Crippen LogP contribution in [-0.2, 0) is 15.6 Å². The summed E-state index contributed by atoms with van der Waals surface area (Å²) in [5.74, 6) is -1.47. The van der Waals surface area contributed by atoms with E-state index in [1.54, 1.807) is 0 Å². The summed E-state index contributed by atoms with van der Waals surface area (Å²) in [6.07, 6.45) is 0. The maximum Gasteiger partial charge on any atom is 0.335 e. The lowest BCUT2D eigenvalue weighted by atomic mass is 10.1. The molecule has 0 atom stereocenters. The molecule has 0 heterocycles. The van der Waals surface area contributed by atoms with Gasteiger partial charge >= 0.3 is 5.97 Å². The average molecular weight is 351 g/mol. The van der Waals surface area contributed by atoms with Crippen molar-refractivity contribution >= 4 is 21.5 Å². The normalized spacial score (nSPS) is 11.0. The van der Waals surface area contributed by atoms with E-state index in [0.29, 0.717) is 5.75 Å². The number of nitro groups is 1. The Morgan fingerprint density at radius 2 is 1.83 bits per heavy atom. The van der Waals surface area contributed by atoms with Crippen molar-refractivity contribution in [3.05, 3.63) is 63.7 Å². The minimum Gasteiger partial charge on any atom is -0.497 e. The number of nitro benzene ring substituents is 1. The van der Waals surface area contributed by atoms with Crippen molar-refractivity contribution in [1.82, 2.24) is 0 Å². The van der Waals surface area contributed by atoms with E-state index < -0.39 is 32.2 Å². The summed E-state index contributed by atoms with van der Waals surface area (Å²) in [7, 11) is -2.39. The predicted molar refractivity (Wildman–Crippen MR) is 83.9 cm³/mol. The van der Waals surface area contributed by atoms with Crippen molar-refractivity contribution in [1.29, 1.82) is 0 Å². The molecule has 0 fully saturated rings. The number of carbonyl (C=O) groups is 1. The zero-order valence-electron chi connectivity index (χ0n) is 12.5. The number of nitrogens with zero attached hydrogens (tertiary/aromatic N) is 1. The first-order valence-corrected chi connectivity index (χ1v) is 8.27. The van der Waals surface area contributed by atoms with E-state index in [0.717, 1.165) is 18.2 Å². The van der Waals surface area contributed by atoms with Crippen molar-refractivity contribution in [3.8, 4) is 5.75 Å². The number of carboxylic acid groups (broad SMARTS) is 1. The van der Waals surface area contributed by atoms with E-state index in [4.69, 9.17) is 9.84 Å². The third kappa shape index (κ3) is 3.69. The molecule has 126 valence electrons. The van der Waals surface area contributed by atoms with Gasteiger partial charge in [-0.25, -0.2) is 13.2 Å². The van der Waals surface area contributed by atoms with Gasteiger partial charge in [0.1, 0.15) is 5.75 Å². The maximum atomic E-state index is 12.4. The summed E-state index contributed by atoms with van der Waals surface area (Å²) in [6, 6.07) is 8.74. The molecule has 8 nitrogen and oxygen atoms in total. The van der Waals surface area contributed by atoms with Crippen molar-refractivity contribution in [2.75, 3.05) is 7.11 Å². The Hall–Kier alpha value is -2.94. The number of hydrogen-bond donors (Lipinski definition) is 1. The number of sulfone groups is 1. The maximum absolute atomic E-state index is 12.4. The molecule has 2 aromatic carbocycles. The van der Waals surface area contributed by atoms with Gasteiger partial charge in [0.15, 0.2) is 9.84 Å². The quantitative estimate of drug-likeness (QED) is 0.625. The van der Waals surface area contributed by atoms with Crippen molar-refractivity contribution in [3.63, 3.8) is 0 Å². The van der Waals surface area contributed by atoms with E-state index in [1.165, 1.54) is 31.4 Å². The molecule has 0 bridgehead atoms. The summed E-state index contributed by atoms with van der Waals surface area (Å²) >= 11 is 0. The fourth-order valence-electron chi connectivity index (χ4n) is 2.06. The highest BCUT2D eigenvalue weighted by Gasteiger charge is 2.23. The second kappa shape index (κ2) is 6.67. The Balaban J connectivity index is 2.41. The number of ether oxygens (including phenoxy) is 1. The zero-order valence-corrected chi connectivity index (χ0v) is 13.3. The fourth-order valence-corrected chi connectivity index (χ4v) is 3.43. The van der Waals surface area contributed by atoms with Crippen LogP contribution in [0.4, 0.5) is 5.69 Å². The number of carboxylic acids is 1. The second-order valence-electron chi connectivity index (χ2n) is 4.84. The molecule has 0 aromatic heterocycles. The Bertz CT molecular complexity index is 889. The molecule has 2 rings (SSSR count). The van der Waals surface area contributed by atoms with E-state index in [2.05, 4.69) is 0 Å². The Morgan fingerprint density at radius 1 is 1.21 bits per heavy atom. The van der Waals surface area contributed by atoms with Gasteiger partial charge in [0.25, 0.3) is 5.69 Å². The Labute approximate surface area is 137 Å². The summed E-state index contributed by atoms with van der Waals surface area (Å²) in [6.45, 7) is 0. The molecule has 24 heavy (non-hydrogen) atoms. The number of benzene rings is 2. The zero-order chi connectivity index (χ0) is 17.9. The van der Waals surface area contributed by atoms with Gasteiger partial charge in [-0.2, -0.15) is 0 Å². The van der Waals surface area contributed by atoms with Crippen LogP contribution in [-0.4, -0.2) is 31.5 Å². The van der Waals surface area contributed by atoms with Crippen LogP contribution in [0.25, 0.3) is 0 Å². The lowest BCUT2D eigenvalue weighted by Crippen LogP contribution is -2.08. The SMILES string of the molecule is COc1ccc(S(=O)(=O)Cc2ccc(C(=O)O)cc2[N+](=O)[O-])cc1. The molecule has 0 spiro atoms. The first kappa shape index (κ1) is 17.4. The van der Waals surface area contributed by atoms with Crippen LogP contribution in [0, 0.1) is 10.1 Å². The van der Waals surface area contributed by atoms with Gasteiger partial charge in [-0.1, -0.05) is 6.07 Å². The average Bonchev–Trinajstić information content (AvgIpc) is 2.54. The predicted octanol–water partition coefficient (Wildman–Crippen LogP) is 2.28. The number of hydrogen-bond acceptors (Lipinski definition) is 6. The van der Waals surface area contributed by atoms with Gasteiger partial charge in [0.05, 0.1) is 28.2 Å². The highest BCUT2D eigenvalue weighted by molar-refractivity contribution is 7.90. The summed E-state index contributed by atoms with van der Waals surface area (Å²) in [4.78, 5) is 21.2. The first-order chi connectivity index (χ1) is 11.2. The molecule has 0 radical (unpaired) electrons. The Morgan fingerprint density at radius 3 is 2.33 bits per heavy atom. The van der Waals surface area contributed by atoms with E-state index in [9.17, 15) is 23.3 Å². The second-order valence-corrected chi connectivity index (χ2v) is 6.83. The van der Waals surface area contributed by atoms with Crippen LogP contribution >= 0.6 is 0 Å². The molecule has 2 aromatic rings. The van der Waals surface area contributed by atoms with Crippen LogP contribution in [0.3, 0.4) is 0 Å². The molecule has 1 N–H and O–H groups in total. The van der Waals surface area contributed by atoms with Gasteiger partial charge < -0.3 is 9.84 Å². The standard InChI is InChI=1S/C15H13NO7S/c1-23-12-4-6-13(7-5-12)24(21,22)9-11-3-2-10(15(17)18)8-14(11)16(19)20/h2-8H,9H2,1H3,(H,17,18). The van der Waals surface area contributed by atoms with Crippen LogP contribution in [0.5, 0.6) is 5.75 Å². The molecule has 9 heteroatoms. The molecule has 0 saturated heterocycles. The van der Waals surface area contributed by atoms with Crippen molar-refractivity contribution < 1.29 is 28.0 Å². The van der Waals surface area contributed by atoms with Crippen molar-refractivity contribution in [2.45, 2.75) is 10.6 Å². The minimum atomic E-state index is -3.83. The lowest BCUT2D eigenvalue weighted by molar-refractivity contribution is -0.385. The highest BCUT2D eigenvalue weighted by atomic mass is 32.2. The van der Waals surface area contributed by atoms with Crippen LogP contribution in [0.1, 0.15) is 15.9 Å². The lowest BCUT2D eigenvalue weighted by Gasteiger charge is -2.07. The van der Waals surface area contributed by atoms with Crippen molar-refractivity contribution in [2.24, 2.45) is 0 Å². The third-order valence-corrected chi connectivity index (χ3v) is 4.97. The molecule has 0 unspecified atom stereocenters. The largest absolute Gasteiger partial charge is 0.497 e. The van der Waals surface area contributed by atoms with Crippen LogP contribution in [0.2, 0.25) is 0 Å².